The maximum absolute atomic E-state index is 11.6. The highest BCUT2D eigenvalue weighted by atomic mass is 16.2. The van der Waals surface area contributed by atoms with Gasteiger partial charge in [0.05, 0.1) is 6.54 Å². The summed E-state index contributed by atoms with van der Waals surface area (Å²) >= 11 is 0. The molecule has 0 bridgehead atoms. The minimum atomic E-state index is 0.0192. The van der Waals surface area contributed by atoms with Gasteiger partial charge in [-0.15, -0.1) is 0 Å². The minimum absolute atomic E-state index is 0.0192. The third-order valence-electron chi connectivity index (χ3n) is 2.10. The molecule has 0 saturated heterocycles. The molecule has 0 radical (unpaired) electrons. The smallest absolute Gasteiger partial charge is 0.240 e. The van der Waals surface area contributed by atoms with Crippen LogP contribution in [0.4, 0.5) is 0 Å². The van der Waals surface area contributed by atoms with Crippen molar-refractivity contribution in [2.45, 2.75) is 39.9 Å². The van der Waals surface area contributed by atoms with Crippen LogP contribution in [-0.2, 0) is 17.9 Å². The Balaban J connectivity index is 2.52. The van der Waals surface area contributed by atoms with E-state index in [4.69, 9.17) is 0 Å². The van der Waals surface area contributed by atoms with Gasteiger partial charge in [0, 0.05) is 18.4 Å². The van der Waals surface area contributed by atoms with Gasteiger partial charge in [-0.05, 0) is 20.4 Å². The number of carbonyl (C=O) groups is 1. The number of hydrogen-bond donors (Lipinski definition) is 2. The Morgan fingerprint density at radius 3 is 2.94 bits per heavy atom. The van der Waals surface area contributed by atoms with Gasteiger partial charge in [-0.2, -0.15) is 0 Å². The van der Waals surface area contributed by atoms with Crippen molar-refractivity contribution >= 4 is 5.91 Å². The molecule has 90 valence electrons. The van der Waals surface area contributed by atoms with E-state index in [9.17, 15) is 4.79 Å². The van der Waals surface area contributed by atoms with E-state index in [0.29, 0.717) is 13.1 Å². The van der Waals surface area contributed by atoms with Crippen molar-refractivity contribution < 1.29 is 4.79 Å². The van der Waals surface area contributed by atoms with Crippen LogP contribution in [-0.4, -0.2) is 28.0 Å². The number of imidazole rings is 1. The Bertz CT molecular complexity index is 332. The Hall–Kier alpha value is -1.36. The van der Waals surface area contributed by atoms with Gasteiger partial charge in [-0.1, -0.05) is 6.92 Å². The zero-order valence-electron chi connectivity index (χ0n) is 10.2. The highest BCUT2D eigenvalue weighted by Crippen LogP contribution is 1.97. The van der Waals surface area contributed by atoms with Crippen LogP contribution in [0.1, 0.15) is 26.6 Å². The first kappa shape index (κ1) is 12.7. The Morgan fingerprint density at radius 1 is 1.56 bits per heavy atom. The summed E-state index contributed by atoms with van der Waals surface area (Å²) in [6, 6.07) is 0.174. The monoisotopic (exact) mass is 224 g/mol. The van der Waals surface area contributed by atoms with Crippen molar-refractivity contribution in [1.82, 2.24) is 20.2 Å². The van der Waals surface area contributed by atoms with Crippen LogP contribution in [0, 0.1) is 0 Å². The van der Waals surface area contributed by atoms with E-state index in [1.165, 1.54) is 0 Å². The van der Waals surface area contributed by atoms with Crippen molar-refractivity contribution in [2.75, 3.05) is 6.54 Å². The summed E-state index contributed by atoms with van der Waals surface area (Å²) in [7, 11) is 0. The Labute approximate surface area is 96.3 Å². The van der Waals surface area contributed by atoms with Gasteiger partial charge in [0.15, 0.2) is 0 Å². The zero-order valence-corrected chi connectivity index (χ0v) is 10.2. The molecule has 0 aliphatic carbocycles. The first-order chi connectivity index (χ1) is 7.63. The number of nitrogens with zero attached hydrogens (tertiary/aromatic N) is 2. The fourth-order valence-corrected chi connectivity index (χ4v) is 1.41. The molecule has 1 rings (SSSR count). The van der Waals surface area contributed by atoms with E-state index in [2.05, 4.69) is 15.6 Å². The number of aromatic nitrogens is 2. The average molecular weight is 224 g/mol. The zero-order chi connectivity index (χ0) is 12.0. The largest absolute Gasteiger partial charge is 0.352 e. The van der Waals surface area contributed by atoms with Crippen molar-refractivity contribution in [3.63, 3.8) is 0 Å². The molecule has 2 N–H and O–H groups in total. The van der Waals surface area contributed by atoms with Gasteiger partial charge in [0.2, 0.25) is 5.91 Å². The van der Waals surface area contributed by atoms with E-state index in [0.717, 1.165) is 12.4 Å². The topological polar surface area (TPSA) is 59.0 Å². The summed E-state index contributed by atoms with van der Waals surface area (Å²) in [5.41, 5.74) is 0. The third kappa shape index (κ3) is 4.02. The number of carbonyl (C=O) groups excluding carboxylic acids is 1. The normalized spacial score (nSPS) is 10.8. The molecular formula is C11H20N4O. The molecule has 0 atom stereocenters. The van der Waals surface area contributed by atoms with Crippen LogP contribution in [0.15, 0.2) is 12.4 Å². The molecule has 0 spiro atoms. The van der Waals surface area contributed by atoms with Gasteiger partial charge in [-0.25, -0.2) is 4.98 Å². The molecule has 0 aliphatic rings. The molecule has 5 nitrogen and oxygen atoms in total. The Kier molecular flexibility index (Phi) is 4.98. The van der Waals surface area contributed by atoms with Gasteiger partial charge in [0.1, 0.15) is 12.4 Å². The second-order valence-electron chi connectivity index (χ2n) is 3.97. The molecule has 0 unspecified atom stereocenters. The molecular weight excluding hydrogens is 204 g/mol. The van der Waals surface area contributed by atoms with E-state index in [1.807, 2.05) is 31.5 Å². The van der Waals surface area contributed by atoms with Gasteiger partial charge in [0.25, 0.3) is 0 Å². The van der Waals surface area contributed by atoms with Gasteiger partial charge in [-0.3, -0.25) is 4.79 Å². The average Bonchev–Trinajstić information content (AvgIpc) is 2.61. The lowest BCUT2D eigenvalue weighted by atomic mass is 10.4. The van der Waals surface area contributed by atoms with E-state index in [1.54, 1.807) is 6.20 Å². The highest BCUT2D eigenvalue weighted by Gasteiger charge is 2.07. The predicted molar refractivity (Wildman–Crippen MR) is 62.9 cm³/mol. The molecule has 0 saturated carbocycles. The minimum Gasteiger partial charge on any atom is -0.352 e. The molecule has 1 aromatic rings. The molecule has 5 heteroatoms. The lowest BCUT2D eigenvalue weighted by Crippen LogP contribution is -2.33. The van der Waals surface area contributed by atoms with Crippen molar-refractivity contribution in [3.8, 4) is 0 Å². The van der Waals surface area contributed by atoms with Crippen molar-refractivity contribution in [2.24, 2.45) is 0 Å². The van der Waals surface area contributed by atoms with E-state index >= 15 is 0 Å². The molecule has 1 amide bonds. The lowest BCUT2D eigenvalue weighted by Gasteiger charge is -2.10. The summed E-state index contributed by atoms with van der Waals surface area (Å²) in [4.78, 5) is 15.8. The Morgan fingerprint density at radius 2 is 2.31 bits per heavy atom. The highest BCUT2D eigenvalue weighted by molar-refractivity contribution is 5.76. The summed E-state index contributed by atoms with van der Waals surface area (Å²) in [6.07, 6.45) is 3.54. The molecule has 1 heterocycles. The number of hydrogen-bond acceptors (Lipinski definition) is 3. The third-order valence-corrected chi connectivity index (χ3v) is 2.10. The first-order valence-electron chi connectivity index (χ1n) is 5.63. The maximum atomic E-state index is 11.6. The number of nitrogens with one attached hydrogen (secondary N) is 2. The summed E-state index contributed by atoms with van der Waals surface area (Å²) < 4.78 is 1.86. The van der Waals surface area contributed by atoms with Crippen LogP contribution >= 0.6 is 0 Å². The fraction of sp³-hybridized carbons (Fsp3) is 0.636. The quantitative estimate of drug-likeness (QED) is 0.740. The second kappa shape index (κ2) is 6.27. The van der Waals surface area contributed by atoms with E-state index < -0.39 is 0 Å². The van der Waals surface area contributed by atoms with Crippen LogP contribution in [0.2, 0.25) is 0 Å². The summed E-state index contributed by atoms with van der Waals surface area (Å²) in [5, 5.41) is 6.05. The van der Waals surface area contributed by atoms with Crippen LogP contribution < -0.4 is 10.6 Å². The van der Waals surface area contributed by atoms with Crippen LogP contribution in [0.3, 0.4) is 0 Å². The number of rotatable bonds is 6. The SMILES string of the molecule is CCNCc1nccn1CC(=O)NC(C)C. The van der Waals surface area contributed by atoms with Crippen molar-refractivity contribution in [1.29, 1.82) is 0 Å². The maximum Gasteiger partial charge on any atom is 0.240 e. The molecule has 1 aromatic heterocycles. The van der Waals surface area contributed by atoms with E-state index in [-0.39, 0.29) is 11.9 Å². The molecule has 0 aliphatic heterocycles. The summed E-state index contributed by atoms with van der Waals surface area (Å²) in [5.74, 6) is 0.909. The standard InChI is InChI=1S/C11H20N4O/c1-4-12-7-10-13-5-6-15(10)8-11(16)14-9(2)3/h5-6,9,12H,4,7-8H2,1-3H3,(H,14,16). The number of amides is 1. The molecule has 16 heavy (non-hydrogen) atoms. The molecule has 0 aromatic carbocycles. The second-order valence-corrected chi connectivity index (χ2v) is 3.97. The summed E-state index contributed by atoms with van der Waals surface area (Å²) in [6.45, 7) is 7.86. The lowest BCUT2D eigenvalue weighted by molar-refractivity contribution is -0.122. The first-order valence-corrected chi connectivity index (χ1v) is 5.63. The van der Waals surface area contributed by atoms with Gasteiger partial charge < -0.3 is 15.2 Å². The van der Waals surface area contributed by atoms with Crippen LogP contribution in [0.5, 0.6) is 0 Å². The van der Waals surface area contributed by atoms with Crippen molar-refractivity contribution in [3.05, 3.63) is 18.2 Å². The fourth-order valence-electron chi connectivity index (χ4n) is 1.41. The van der Waals surface area contributed by atoms with Crippen LogP contribution in [0.25, 0.3) is 0 Å². The molecule has 0 fully saturated rings. The predicted octanol–water partition coefficient (Wildman–Crippen LogP) is 0.517. The van der Waals surface area contributed by atoms with Gasteiger partial charge >= 0.3 is 0 Å².